The van der Waals surface area contributed by atoms with Crippen molar-refractivity contribution >= 4 is 72.7 Å². The molecule has 0 aliphatic carbocycles. The summed E-state index contributed by atoms with van der Waals surface area (Å²) >= 11 is 19.1. The van der Waals surface area contributed by atoms with Gasteiger partial charge >= 0.3 is 0 Å². The first-order chi connectivity index (χ1) is 16.2. The number of nitrogens with one attached hydrogen (secondary N) is 1. The lowest BCUT2D eigenvalue weighted by Crippen LogP contribution is -2.13. The summed E-state index contributed by atoms with van der Waals surface area (Å²) in [6.07, 6.45) is 1.48. The molecule has 3 aromatic rings. The predicted octanol–water partition coefficient (Wildman–Crippen LogP) is 7.96. The molecule has 34 heavy (non-hydrogen) atoms. The molecule has 3 aromatic carbocycles. The highest BCUT2D eigenvalue weighted by Crippen LogP contribution is 2.44. The average Bonchev–Trinajstić information content (AvgIpc) is 2.81. The maximum Gasteiger partial charge on any atom is 0.266 e. The Labute approximate surface area is 224 Å². The summed E-state index contributed by atoms with van der Waals surface area (Å²) in [5.41, 5.74) is 2.91. The smallest absolute Gasteiger partial charge is 0.266 e. The van der Waals surface area contributed by atoms with E-state index >= 15 is 0 Å². The van der Waals surface area contributed by atoms with Crippen molar-refractivity contribution in [1.29, 1.82) is 5.26 Å². The van der Waals surface area contributed by atoms with Crippen molar-refractivity contribution in [3.05, 3.63) is 89.8 Å². The first-order valence-corrected chi connectivity index (χ1v) is 12.2. The van der Waals surface area contributed by atoms with E-state index in [-0.39, 0.29) is 12.2 Å². The predicted molar refractivity (Wildman–Crippen MR) is 143 cm³/mol. The molecule has 5 nitrogen and oxygen atoms in total. The van der Waals surface area contributed by atoms with Crippen LogP contribution in [0.5, 0.6) is 11.5 Å². The maximum absolute atomic E-state index is 12.7. The van der Waals surface area contributed by atoms with Crippen molar-refractivity contribution in [2.24, 2.45) is 0 Å². The average molecular weight is 625 g/mol. The highest BCUT2D eigenvalue weighted by atomic mass is 79.9. The molecule has 174 valence electrons. The summed E-state index contributed by atoms with van der Waals surface area (Å²) in [6.45, 7) is 2.14. The molecule has 9 heteroatoms. The summed E-state index contributed by atoms with van der Waals surface area (Å²) < 4.78 is 12.6. The SMILES string of the molecule is COc1cc(/C=C(/C#N)C(=O)Nc2cccc(C)c2)c(Br)c(Br)c1OCc1ccc(Cl)c(Cl)c1. The van der Waals surface area contributed by atoms with Crippen molar-refractivity contribution in [3.8, 4) is 17.6 Å². The minimum Gasteiger partial charge on any atom is -0.493 e. The number of carbonyl (C=O) groups is 1. The molecule has 0 unspecified atom stereocenters. The fourth-order valence-corrected chi connectivity index (χ4v) is 4.27. The first kappa shape index (κ1) is 26.1. The van der Waals surface area contributed by atoms with Gasteiger partial charge in [0.15, 0.2) is 11.5 Å². The zero-order valence-electron chi connectivity index (χ0n) is 18.1. The van der Waals surface area contributed by atoms with Gasteiger partial charge in [-0.3, -0.25) is 4.79 Å². The van der Waals surface area contributed by atoms with Gasteiger partial charge in [-0.15, -0.1) is 0 Å². The van der Waals surface area contributed by atoms with E-state index in [1.54, 1.807) is 24.3 Å². The molecule has 1 N–H and O–H groups in total. The zero-order chi connectivity index (χ0) is 24.8. The van der Waals surface area contributed by atoms with Crippen molar-refractivity contribution in [3.63, 3.8) is 0 Å². The van der Waals surface area contributed by atoms with Gasteiger partial charge in [0.2, 0.25) is 0 Å². The molecule has 0 heterocycles. The Morgan fingerprint density at radius 2 is 1.88 bits per heavy atom. The Kier molecular flexibility index (Phi) is 9.03. The fourth-order valence-electron chi connectivity index (χ4n) is 3.01. The second kappa shape index (κ2) is 11.8. The number of hydrogen-bond donors (Lipinski definition) is 1. The number of methoxy groups -OCH3 is 1. The Morgan fingerprint density at radius 1 is 1.12 bits per heavy atom. The minimum absolute atomic E-state index is 0.0689. The van der Waals surface area contributed by atoms with Gasteiger partial charge in [0.1, 0.15) is 18.2 Å². The molecule has 0 aliphatic rings. The lowest BCUT2D eigenvalue weighted by molar-refractivity contribution is -0.112. The standard InChI is InChI=1S/C25H18Br2Cl2N2O3/c1-14-4-3-5-18(8-14)31-25(32)17(12-30)10-16-11-21(33-2)24(23(27)22(16)26)34-13-15-6-7-19(28)20(29)9-15/h3-11H,13H2,1-2H3,(H,31,32)/b17-10-. The number of rotatable bonds is 7. The Morgan fingerprint density at radius 3 is 2.53 bits per heavy atom. The molecular formula is C25H18Br2Cl2N2O3. The normalized spacial score (nSPS) is 11.0. The number of carbonyl (C=O) groups excluding carboxylic acids is 1. The van der Waals surface area contributed by atoms with Crippen LogP contribution in [-0.4, -0.2) is 13.0 Å². The van der Waals surface area contributed by atoms with E-state index < -0.39 is 5.91 Å². The van der Waals surface area contributed by atoms with Crippen LogP contribution in [0.3, 0.4) is 0 Å². The third kappa shape index (κ3) is 6.34. The third-order valence-corrected chi connectivity index (χ3v) is 7.57. The molecule has 0 aliphatic heterocycles. The Bertz CT molecular complexity index is 1320. The topological polar surface area (TPSA) is 71.3 Å². The zero-order valence-corrected chi connectivity index (χ0v) is 22.8. The number of nitrogens with zero attached hydrogens (tertiary/aromatic N) is 1. The van der Waals surface area contributed by atoms with Crippen LogP contribution in [0, 0.1) is 18.3 Å². The minimum atomic E-state index is -0.518. The fraction of sp³-hybridized carbons (Fsp3) is 0.120. The number of aryl methyl sites for hydroxylation is 1. The number of hydrogen-bond acceptors (Lipinski definition) is 4. The number of amides is 1. The van der Waals surface area contributed by atoms with Crippen molar-refractivity contribution in [2.45, 2.75) is 13.5 Å². The molecule has 0 saturated heterocycles. The molecule has 0 aromatic heterocycles. The van der Waals surface area contributed by atoms with E-state index in [2.05, 4.69) is 37.2 Å². The molecule has 1 amide bonds. The van der Waals surface area contributed by atoms with E-state index in [1.165, 1.54) is 13.2 Å². The van der Waals surface area contributed by atoms with E-state index in [4.69, 9.17) is 32.7 Å². The molecule has 3 rings (SSSR count). The van der Waals surface area contributed by atoms with Gasteiger partial charge in [0.05, 0.1) is 21.6 Å². The lowest BCUT2D eigenvalue weighted by Gasteiger charge is -2.16. The number of nitriles is 1. The van der Waals surface area contributed by atoms with Crippen LogP contribution in [0.1, 0.15) is 16.7 Å². The van der Waals surface area contributed by atoms with E-state index in [0.717, 1.165) is 11.1 Å². The van der Waals surface area contributed by atoms with Crippen LogP contribution in [0.25, 0.3) is 6.08 Å². The van der Waals surface area contributed by atoms with E-state index in [1.807, 2.05) is 37.3 Å². The largest absolute Gasteiger partial charge is 0.493 e. The maximum atomic E-state index is 12.7. The van der Waals surface area contributed by atoms with Gasteiger partial charge < -0.3 is 14.8 Å². The second-order valence-corrected chi connectivity index (χ2v) is 9.56. The summed E-state index contributed by atoms with van der Waals surface area (Å²) in [5.74, 6) is 0.341. The molecule has 0 radical (unpaired) electrons. The summed E-state index contributed by atoms with van der Waals surface area (Å²) in [4.78, 5) is 12.7. The Balaban J connectivity index is 1.88. The molecule has 0 bridgehead atoms. The first-order valence-electron chi connectivity index (χ1n) is 9.86. The molecule has 0 atom stereocenters. The van der Waals surface area contributed by atoms with Crippen LogP contribution >= 0.6 is 55.1 Å². The van der Waals surface area contributed by atoms with Crippen LogP contribution in [0.2, 0.25) is 10.0 Å². The number of ether oxygens (including phenoxy) is 2. The molecule has 0 fully saturated rings. The van der Waals surface area contributed by atoms with Crippen molar-refractivity contribution in [2.75, 3.05) is 12.4 Å². The van der Waals surface area contributed by atoms with Crippen molar-refractivity contribution < 1.29 is 14.3 Å². The van der Waals surface area contributed by atoms with Gasteiger partial charge in [-0.2, -0.15) is 5.26 Å². The number of anilines is 1. The number of benzene rings is 3. The van der Waals surface area contributed by atoms with E-state index in [0.29, 0.717) is 41.7 Å². The highest BCUT2D eigenvalue weighted by Gasteiger charge is 2.19. The Hall–Kier alpha value is -2.50. The van der Waals surface area contributed by atoms with Gasteiger partial charge in [-0.25, -0.2) is 0 Å². The van der Waals surface area contributed by atoms with Crippen LogP contribution < -0.4 is 14.8 Å². The van der Waals surface area contributed by atoms with Crippen LogP contribution in [0.4, 0.5) is 5.69 Å². The molecule has 0 spiro atoms. The van der Waals surface area contributed by atoms with Gasteiger partial charge in [-0.1, -0.05) is 41.4 Å². The summed E-state index contributed by atoms with van der Waals surface area (Å²) in [7, 11) is 1.50. The highest BCUT2D eigenvalue weighted by molar-refractivity contribution is 9.13. The monoisotopic (exact) mass is 622 g/mol. The number of halogens is 4. The molecular weight excluding hydrogens is 607 g/mol. The van der Waals surface area contributed by atoms with Gasteiger partial charge in [0.25, 0.3) is 5.91 Å². The third-order valence-electron chi connectivity index (χ3n) is 4.68. The summed E-state index contributed by atoms with van der Waals surface area (Å²) in [6, 6.07) is 16.2. The van der Waals surface area contributed by atoms with Crippen LogP contribution in [-0.2, 0) is 11.4 Å². The van der Waals surface area contributed by atoms with Crippen molar-refractivity contribution in [1.82, 2.24) is 0 Å². The van der Waals surface area contributed by atoms with Crippen LogP contribution in [0.15, 0.2) is 63.0 Å². The van der Waals surface area contributed by atoms with E-state index in [9.17, 15) is 10.1 Å². The summed E-state index contributed by atoms with van der Waals surface area (Å²) in [5, 5.41) is 13.2. The molecule has 0 saturated carbocycles. The van der Waals surface area contributed by atoms with Gasteiger partial charge in [0, 0.05) is 10.2 Å². The quantitative estimate of drug-likeness (QED) is 0.214. The second-order valence-electron chi connectivity index (χ2n) is 7.16. The van der Waals surface area contributed by atoms with Gasteiger partial charge in [-0.05, 0) is 91.9 Å². The lowest BCUT2D eigenvalue weighted by atomic mass is 10.1.